The number of carboxylic acid groups (broad SMARTS) is 1. The van der Waals surface area contributed by atoms with Crippen molar-refractivity contribution in [3.05, 3.63) is 102 Å². The van der Waals surface area contributed by atoms with Crippen molar-refractivity contribution in [3.63, 3.8) is 0 Å². The Hall–Kier alpha value is -4.83. The molecule has 4 aromatic rings. The highest BCUT2D eigenvalue weighted by Crippen LogP contribution is 2.36. The van der Waals surface area contributed by atoms with E-state index in [4.69, 9.17) is 20.6 Å². The van der Waals surface area contributed by atoms with Crippen molar-refractivity contribution in [2.24, 2.45) is 5.73 Å². The van der Waals surface area contributed by atoms with Gasteiger partial charge in [-0.3, -0.25) is 10.1 Å². The number of nitrogens with one attached hydrogen (secondary N) is 2. The molecule has 4 rings (SSSR count). The first-order valence-electron chi connectivity index (χ1n) is 10.9. The predicted molar refractivity (Wildman–Crippen MR) is 140 cm³/mol. The van der Waals surface area contributed by atoms with Gasteiger partial charge in [-0.05, 0) is 84.4 Å². The van der Waals surface area contributed by atoms with Gasteiger partial charge in [0.2, 0.25) is 0 Å². The fraction of sp³-hybridized carbons (Fsp3) is 0.0370. The van der Waals surface area contributed by atoms with Gasteiger partial charge in [0.05, 0.1) is 17.6 Å². The zero-order valence-corrected chi connectivity index (χ0v) is 20.5. The highest BCUT2D eigenvalue weighted by Gasteiger charge is 2.17. The molecular weight excluding hydrogens is 494 g/mol. The van der Waals surface area contributed by atoms with Gasteiger partial charge in [0.25, 0.3) is 10.0 Å². The summed E-state index contributed by atoms with van der Waals surface area (Å²) in [5.41, 5.74) is 7.35. The molecule has 37 heavy (non-hydrogen) atoms. The number of nitrogens with two attached hydrogens (primary N) is 1. The predicted octanol–water partition coefficient (Wildman–Crippen LogP) is 4.94. The zero-order valence-electron chi connectivity index (χ0n) is 19.6. The van der Waals surface area contributed by atoms with E-state index < -0.39 is 16.0 Å². The van der Waals surface area contributed by atoms with Crippen molar-refractivity contribution in [2.45, 2.75) is 4.90 Å². The van der Waals surface area contributed by atoms with Gasteiger partial charge in [0.1, 0.15) is 23.1 Å². The molecule has 0 aliphatic heterocycles. The van der Waals surface area contributed by atoms with E-state index in [0.717, 1.165) is 0 Å². The van der Waals surface area contributed by atoms with Crippen LogP contribution in [-0.2, 0) is 10.0 Å². The second kappa shape index (κ2) is 10.4. The van der Waals surface area contributed by atoms with Crippen LogP contribution in [0, 0.1) is 5.41 Å². The molecule has 0 saturated heterocycles. The fourth-order valence-electron chi connectivity index (χ4n) is 3.53. The summed E-state index contributed by atoms with van der Waals surface area (Å²) in [5.74, 6) is 0.168. The average Bonchev–Trinajstić information content (AvgIpc) is 2.89. The van der Waals surface area contributed by atoms with Crippen molar-refractivity contribution >= 4 is 27.5 Å². The molecule has 0 aliphatic rings. The van der Waals surface area contributed by atoms with Gasteiger partial charge in [-0.15, -0.1) is 0 Å². The zero-order chi connectivity index (χ0) is 26.6. The molecule has 0 saturated carbocycles. The highest BCUT2D eigenvalue weighted by molar-refractivity contribution is 7.92. The minimum Gasteiger partial charge on any atom is -0.497 e. The topological polar surface area (TPSA) is 152 Å². The van der Waals surface area contributed by atoms with Gasteiger partial charge in [-0.2, -0.15) is 0 Å². The van der Waals surface area contributed by atoms with Crippen LogP contribution in [0.2, 0.25) is 0 Å². The maximum Gasteiger partial charge on any atom is 0.335 e. The molecule has 0 fully saturated rings. The molecule has 0 atom stereocenters. The molecule has 0 bridgehead atoms. The average molecular weight is 518 g/mol. The second-order valence-corrected chi connectivity index (χ2v) is 9.60. The SMILES string of the molecule is COc1ccc(S(=O)(=O)Nc2ccc(Oc3ccc(C(=N)N)cc3)c(-c3cccc(C(=O)O)c3)c2)cc1. The molecule has 9 nitrogen and oxygen atoms in total. The van der Waals surface area contributed by atoms with Crippen LogP contribution in [0.1, 0.15) is 15.9 Å². The first-order valence-corrected chi connectivity index (χ1v) is 12.4. The Kier molecular flexibility index (Phi) is 7.12. The minimum absolute atomic E-state index is 0.0496. The van der Waals surface area contributed by atoms with E-state index in [1.54, 1.807) is 66.7 Å². The number of rotatable bonds is 9. The van der Waals surface area contributed by atoms with Gasteiger partial charge in [-0.1, -0.05) is 12.1 Å². The third-order valence-electron chi connectivity index (χ3n) is 5.42. The summed E-state index contributed by atoms with van der Waals surface area (Å²) in [5, 5.41) is 17.0. The molecular formula is C27H23N3O6S. The number of hydrogen-bond acceptors (Lipinski definition) is 6. The molecule has 0 aliphatic carbocycles. The summed E-state index contributed by atoms with van der Waals surface area (Å²) in [6, 6.07) is 23.5. The van der Waals surface area contributed by atoms with Crippen LogP contribution in [-0.4, -0.2) is 32.4 Å². The van der Waals surface area contributed by atoms with Crippen LogP contribution in [0.5, 0.6) is 17.2 Å². The maximum atomic E-state index is 13.0. The summed E-state index contributed by atoms with van der Waals surface area (Å²) in [4.78, 5) is 11.6. The van der Waals surface area contributed by atoms with E-state index in [0.29, 0.717) is 33.9 Å². The van der Waals surface area contributed by atoms with Crippen LogP contribution < -0.4 is 19.9 Å². The monoisotopic (exact) mass is 517 g/mol. The van der Waals surface area contributed by atoms with Crippen LogP contribution in [0.3, 0.4) is 0 Å². The lowest BCUT2D eigenvalue weighted by atomic mass is 10.0. The lowest BCUT2D eigenvalue weighted by Gasteiger charge is -2.15. The van der Waals surface area contributed by atoms with E-state index >= 15 is 0 Å². The molecule has 0 amide bonds. The number of sulfonamides is 1. The van der Waals surface area contributed by atoms with Crippen molar-refractivity contribution in [1.29, 1.82) is 5.41 Å². The number of hydrogen-bond donors (Lipinski definition) is 4. The summed E-state index contributed by atoms with van der Waals surface area (Å²) < 4.78 is 39.6. The second-order valence-electron chi connectivity index (χ2n) is 7.92. The quantitative estimate of drug-likeness (QED) is 0.181. The van der Waals surface area contributed by atoms with Gasteiger partial charge in [0.15, 0.2) is 0 Å². The molecule has 0 heterocycles. The number of carbonyl (C=O) groups is 1. The number of amidine groups is 1. The summed E-state index contributed by atoms with van der Waals surface area (Å²) in [6.45, 7) is 0. The summed E-state index contributed by atoms with van der Waals surface area (Å²) in [7, 11) is -2.43. The fourth-order valence-corrected chi connectivity index (χ4v) is 4.58. The molecule has 0 aromatic heterocycles. The Labute approximate surface area is 213 Å². The number of ether oxygens (including phenoxy) is 2. The Bertz CT molecular complexity index is 1570. The number of anilines is 1. The third-order valence-corrected chi connectivity index (χ3v) is 6.81. The number of methoxy groups -OCH3 is 1. The van der Waals surface area contributed by atoms with Gasteiger partial charge in [-0.25, -0.2) is 13.2 Å². The first-order chi connectivity index (χ1) is 17.7. The van der Waals surface area contributed by atoms with E-state index in [1.807, 2.05) is 0 Å². The summed E-state index contributed by atoms with van der Waals surface area (Å²) >= 11 is 0. The number of aromatic carboxylic acids is 1. The smallest absolute Gasteiger partial charge is 0.335 e. The minimum atomic E-state index is -3.92. The highest BCUT2D eigenvalue weighted by atomic mass is 32.2. The Morgan fingerprint density at radius 1 is 0.892 bits per heavy atom. The van der Waals surface area contributed by atoms with Crippen molar-refractivity contribution in [1.82, 2.24) is 0 Å². The van der Waals surface area contributed by atoms with Crippen molar-refractivity contribution in [3.8, 4) is 28.4 Å². The number of nitrogen functional groups attached to an aromatic ring is 1. The van der Waals surface area contributed by atoms with Crippen LogP contribution >= 0.6 is 0 Å². The lowest BCUT2D eigenvalue weighted by Crippen LogP contribution is -2.13. The maximum absolute atomic E-state index is 13.0. The molecule has 188 valence electrons. The Morgan fingerprint density at radius 3 is 2.19 bits per heavy atom. The molecule has 0 unspecified atom stereocenters. The van der Waals surface area contributed by atoms with Crippen LogP contribution in [0.15, 0.2) is 95.9 Å². The van der Waals surface area contributed by atoms with Gasteiger partial charge >= 0.3 is 5.97 Å². The van der Waals surface area contributed by atoms with Crippen molar-refractivity contribution in [2.75, 3.05) is 11.8 Å². The molecule has 4 aromatic carbocycles. The Morgan fingerprint density at radius 2 is 1.57 bits per heavy atom. The van der Waals surface area contributed by atoms with E-state index in [-0.39, 0.29) is 22.0 Å². The molecule has 10 heteroatoms. The summed E-state index contributed by atoms with van der Waals surface area (Å²) in [6.07, 6.45) is 0. The van der Waals surface area contributed by atoms with E-state index in [2.05, 4.69) is 4.72 Å². The van der Waals surface area contributed by atoms with Gasteiger partial charge in [0, 0.05) is 16.8 Å². The van der Waals surface area contributed by atoms with Crippen LogP contribution in [0.4, 0.5) is 5.69 Å². The van der Waals surface area contributed by atoms with Crippen LogP contribution in [0.25, 0.3) is 11.1 Å². The first kappa shape index (κ1) is 25.3. The lowest BCUT2D eigenvalue weighted by molar-refractivity contribution is 0.0697. The largest absolute Gasteiger partial charge is 0.497 e. The van der Waals surface area contributed by atoms with Gasteiger partial charge < -0.3 is 20.3 Å². The number of benzene rings is 4. The standard InChI is InChI=1S/C27H23N3O6S/c1-35-21-10-12-23(13-11-21)37(33,34)30-20-7-14-25(36-22-8-5-17(6-9-22)26(28)29)24(16-20)18-3-2-4-19(15-18)27(31)32/h2-16,30H,1H3,(H3,28,29)(H,31,32). The van der Waals surface area contributed by atoms with Crippen molar-refractivity contribution < 1.29 is 27.8 Å². The molecule has 0 spiro atoms. The number of carboxylic acids is 1. The molecule has 5 N–H and O–H groups in total. The molecule has 0 radical (unpaired) electrons. The van der Waals surface area contributed by atoms with E-state index in [1.165, 1.54) is 31.4 Å². The van der Waals surface area contributed by atoms with E-state index in [9.17, 15) is 18.3 Å². The normalized spacial score (nSPS) is 10.9. The Balaban J connectivity index is 1.73. The third kappa shape index (κ3) is 5.88.